The number of halogens is 2. The molecule has 0 aliphatic carbocycles. The van der Waals surface area contributed by atoms with Crippen molar-refractivity contribution in [1.29, 1.82) is 0 Å². The Bertz CT molecular complexity index is 947. The summed E-state index contributed by atoms with van der Waals surface area (Å²) in [6, 6.07) is 23.7. The summed E-state index contributed by atoms with van der Waals surface area (Å²) in [6.45, 7) is 0.613. The Kier molecular flexibility index (Phi) is 8.48. The minimum absolute atomic E-state index is 0.0150. The average Bonchev–Trinajstić information content (AvgIpc) is 2.74. The van der Waals surface area contributed by atoms with Crippen LogP contribution in [0.4, 0.5) is 0 Å². The largest absolute Gasteiger partial charge is 0.351 e. The van der Waals surface area contributed by atoms with E-state index >= 15 is 0 Å². The summed E-state index contributed by atoms with van der Waals surface area (Å²) in [7, 11) is 0. The minimum atomic E-state index is -0.0150. The summed E-state index contributed by atoms with van der Waals surface area (Å²) in [6.07, 6.45) is 1.76. The molecular formula is C24H23Cl2NOS. The zero-order chi connectivity index (χ0) is 20.5. The van der Waals surface area contributed by atoms with E-state index in [-0.39, 0.29) is 5.91 Å². The van der Waals surface area contributed by atoms with Gasteiger partial charge in [-0.05, 0) is 47.7 Å². The molecule has 1 amide bonds. The Balaban J connectivity index is 1.46. The van der Waals surface area contributed by atoms with Crippen molar-refractivity contribution in [3.63, 3.8) is 0 Å². The zero-order valence-corrected chi connectivity index (χ0v) is 18.4. The van der Waals surface area contributed by atoms with Gasteiger partial charge in [0.15, 0.2) is 0 Å². The lowest BCUT2D eigenvalue weighted by atomic mass is 9.99. The average molecular weight is 444 g/mol. The van der Waals surface area contributed by atoms with Gasteiger partial charge in [0.2, 0.25) is 0 Å². The maximum absolute atomic E-state index is 12.6. The van der Waals surface area contributed by atoms with Crippen molar-refractivity contribution >= 4 is 40.9 Å². The predicted molar refractivity (Wildman–Crippen MR) is 125 cm³/mol. The molecule has 0 aliphatic rings. The third-order valence-corrected chi connectivity index (χ3v) is 6.19. The highest BCUT2D eigenvalue weighted by Gasteiger charge is 2.10. The maximum atomic E-state index is 12.6. The Morgan fingerprint density at radius 1 is 0.862 bits per heavy atom. The van der Waals surface area contributed by atoms with E-state index in [9.17, 15) is 4.79 Å². The lowest BCUT2D eigenvalue weighted by molar-refractivity contribution is 0.0955. The quantitative estimate of drug-likeness (QED) is 0.385. The lowest BCUT2D eigenvalue weighted by Crippen LogP contribution is -2.26. The molecule has 0 saturated carbocycles. The van der Waals surface area contributed by atoms with Gasteiger partial charge < -0.3 is 5.32 Å². The molecule has 29 heavy (non-hydrogen) atoms. The maximum Gasteiger partial charge on any atom is 0.251 e. The van der Waals surface area contributed by atoms with Crippen molar-refractivity contribution in [3.05, 3.63) is 105 Å². The highest BCUT2D eigenvalue weighted by Crippen LogP contribution is 2.24. The number of carbonyl (C=O) groups is 1. The first-order chi connectivity index (χ1) is 14.1. The number of aryl methyl sites for hydroxylation is 2. The van der Waals surface area contributed by atoms with Crippen LogP contribution in [0.5, 0.6) is 0 Å². The Morgan fingerprint density at radius 3 is 2.41 bits per heavy atom. The number of benzene rings is 3. The van der Waals surface area contributed by atoms with Crippen molar-refractivity contribution in [2.45, 2.75) is 18.6 Å². The van der Waals surface area contributed by atoms with Crippen LogP contribution in [0.25, 0.3) is 0 Å². The van der Waals surface area contributed by atoms with Crippen LogP contribution in [0.3, 0.4) is 0 Å². The molecule has 0 aromatic heterocycles. The Morgan fingerprint density at radius 2 is 1.62 bits per heavy atom. The molecule has 3 aromatic rings. The van der Waals surface area contributed by atoms with Crippen LogP contribution in [-0.2, 0) is 18.6 Å². The first-order valence-corrected chi connectivity index (χ1v) is 11.5. The third kappa shape index (κ3) is 6.81. The van der Waals surface area contributed by atoms with E-state index in [2.05, 4.69) is 17.4 Å². The minimum Gasteiger partial charge on any atom is -0.351 e. The fourth-order valence-electron chi connectivity index (χ4n) is 3.04. The monoisotopic (exact) mass is 443 g/mol. The van der Waals surface area contributed by atoms with Crippen molar-refractivity contribution in [2.75, 3.05) is 12.3 Å². The van der Waals surface area contributed by atoms with Gasteiger partial charge in [-0.25, -0.2) is 0 Å². The molecule has 0 saturated heterocycles. The van der Waals surface area contributed by atoms with Crippen molar-refractivity contribution in [3.8, 4) is 0 Å². The number of amides is 1. The van der Waals surface area contributed by atoms with Gasteiger partial charge in [-0.3, -0.25) is 4.79 Å². The van der Waals surface area contributed by atoms with Crippen molar-refractivity contribution in [1.82, 2.24) is 5.32 Å². The van der Waals surface area contributed by atoms with Gasteiger partial charge in [0, 0.05) is 33.7 Å². The second-order valence-electron chi connectivity index (χ2n) is 6.69. The number of nitrogens with one attached hydrogen (secondary N) is 1. The van der Waals surface area contributed by atoms with Crippen LogP contribution >= 0.6 is 35.0 Å². The molecule has 2 nitrogen and oxygen atoms in total. The molecule has 150 valence electrons. The van der Waals surface area contributed by atoms with Crippen LogP contribution in [0, 0.1) is 0 Å². The van der Waals surface area contributed by atoms with E-state index in [1.165, 1.54) is 5.56 Å². The van der Waals surface area contributed by atoms with Gasteiger partial charge in [0.05, 0.1) is 0 Å². The predicted octanol–water partition coefficient (Wildman–Crippen LogP) is 6.44. The fraction of sp³-hybridized carbons (Fsp3) is 0.208. The van der Waals surface area contributed by atoms with Gasteiger partial charge in [0.1, 0.15) is 0 Å². The van der Waals surface area contributed by atoms with Crippen LogP contribution in [0.15, 0.2) is 72.8 Å². The lowest BCUT2D eigenvalue weighted by Gasteiger charge is -2.11. The van der Waals surface area contributed by atoms with Gasteiger partial charge >= 0.3 is 0 Å². The number of thioether (sulfide) groups is 1. The molecule has 0 radical (unpaired) electrons. The second-order valence-corrected chi connectivity index (χ2v) is 8.64. The normalized spacial score (nSPS) is 10.7. The molecule has 5 heteroatoms. The fourth-order valence-corrected chi connectivity index (χ4v) is 4.45. The molecule has 0 unspecified atom stereocenters. The molecule has 0 fully saturated rings. The number of rotatable bonds is 9. The highest BCUT2D eigenvalue weighted by molar-refractivity contribution is 7.98. The standard InChI is InChI=1S/C24H23Cl2NOS/c25-21-13-12-20(23(26)16-21)17-29-15-14-27-24(28)22-9-5-4-8-19(22)11-10-18-6-2-1-3-7-18/h1-9,12-13,16H,10-11,14-15,17H2,(H,27,28). The van der Waals surface area contributed by atoms with Crippen LogP contribution in [0.2, 0.25) is 10.0 Å². The number of hydrogen-bond acceptors (Lipinski definition) is 2. The van der Waals surface area contributed by atoms with Gasteiger partial charge in [0.25, 0.3) is 5.91 Å². The van der Waals surface area contributed by atoms with Crippen LogP contribution < -0.4 is 5.32 Å². The first kappa shape index (κ1) is 21.8. The van der Waals surface area contributed by atoms with Gasteiger partial charge in [-0.1, -0.05) is 77.8 Å². The highest BCUT2D eigenvalue weighted by atomic mass is 35.5. The third-order valence-electron chi connectivity index (χ3n) is 4.59. The second kappa shape index (κ2) is 11.3. The summed E-state index contributed by atoms with van der Waals surface area (Å²) in [5.74, 6) is 1.59. The van der Waals surface area contributed by atoms with E-state index in [1.54, 1.807) is 17.8 Å². The molecular weight excluding hydrogens is 421 g/mol. The molecule has 0 atom stereocenters. The van der Waals surface area contributed by atoms with E-state index in [0.717, 1.165) is 41.0 Å². The SMILES string of the molecule is O=C(NCCSCc1ccc(Cl)cc1Cl)c1ccccc1CCc1ccccc1. The first-order valence-electron chi connectivity index (χ1n) is 9.55. The molecule has 3 rings (SSSR count). The zero-order valence-electron chi connectivity index (χ0n) is 16.0. The Hall–Kier alpha value is -1.94. The number of carbonyl (C=O) groups excluding carboxylic acids is 1. The van der Waals surface area contributed by atoms with Crippen LogP contribution in [0.1, 0.15) is 27.0 Å². The van der Waals surface area contributed by atoms with E-state index in [4.69, 9.17) is 23.2 Å². The summed E-state index contributed by atoms with van der Waals surface area (Å²) in [4.78, 5) is 12.6. The van der Waals surface area contributed by atoms with Crippen LogP contribution in [-0.4, -0.2) is 18.2 Å². The summed E-state index contributed by atoms with van der Waals surface area (Å²) < 4.78 is 0. The molecule has 0 spiro atoms. The molecule has 0 heterocycles. The van der Waals surface area contributed by atoms with Crippen molar-refractivity contribution in [2.24, 2.45) is 0 Å². The van der Waals surface area contributed by atoms with E-state index in [1.807, 2.05) is 54.6 Å². The summed E-state index contributed by atoms with van der Waals surface area (Å²) >= 11 is 13.9. The van der Waals surface area contributed by atoms with E-state index in [0.29, 0.717) is 16.6 Å². The van der Waals surface area contributed by atoms with Gasteiger partial charge in [-0.15, -0.1) is 0 Å². The van der Waals surface area contributed by atoms with Gasteiger partial charge in [-0.2, -0.15) is 11.8 Å². The molecule has 1 N–H and O–H groups in total. The summed E-state index contributed by atoms with van der Waals surface area (Å²) in [5.41, 5.74) is 4.17. The molecule has 3 aromatic carbocycles. The number of hydrogen-bond donors (Lipinski definition) is 1. The Labute approximate surface area is 186 Å². The van der Waals surface area contributed by atoms with Crippen molar-refractivity contribution < 1.29 is 4.79 Å². The smallest absolute Gasteiger partial charge is 0.251 e. The van der Waals surface area contributed by atoms with E-state index < -0.39 is 0 Å². The topological polar surface area (TPSA) is 29.1 Å². The molecule has 0 aliphatic heterocycles. The molecule has 0 bridgehead atoms. The summed E-state index contributed by atoms with van der Waals surface area (Å²) in [5, 5.41) is 4.36.